The van der Waals surface area contributed by atoms with Crippen molar-refractivity contribution in [2.45, 2.75) is 31.3 Å². The molecule has 1 unspecified atom stereocenters. The van der Waals surface area contributed by atoms with Gasteiger partial charge in [-0.2, -0.15) is 0 Å². The molecular weight excluding hydrogens is 220 g/mol. The van der Waals surface area contributed by atoms with Gasteiger partial charge < -0.3 is 14.9 Å². The highest BCUT2D eigenvalue weighted by atomic mass is 16.5. The molecule has 1 atom stereocenters. The Hall–Kier alpha value is -1.55. The smallest absolute Gasteiger partial charge is 0.306 e. The van der Waals surface area contributed by atoms with E-state index in [1.165, 1.54) is 0 Å². The van der Waals surface area contributed by atoms with Crippen LogP contribution in [0, 0.1) is 0 Å². The van der Waals surface area contributed by atoms with E-state index in [0.717, 1.165) is 17.5 Å². The highest BCUT2D eigenvalue weighted by Crippen LogP contribution is 2.35. The van der Waals surface area contributed by atoms with Crippen molar-refractivity contribution >= 4 is 5.97 Å². The van der Waals surface area contributed by atoms with Crippen LogP contribution in [0.3, 0.4) is 0 Å². The van der Waals surface area contributed by atoms with Crippen LogP contribution < -0.4 is 0 Å². The molecule has 0 saturated carbocycles. The van der Waals surface area contributed by atoms with E-state index in [-0.39, 0.29) is 12.2 Å². The molecule has 0 spiro atoms. The number of hydrogen-bond donors (Lipinski definition) is 2. The number of ether oxygens (including phenoxy) is 1. The average Bonchev–Trinajstić information content (AvgIpc) is 2.29. The summed E-state index contributed by atoms with van der Waals surface area (Å²) >= 11 is 0. The Morgan fingerprint density at radius 3 is 2.88 bits per heavy atom. The molecule has 17 heavy (non-hydrogen) atoms. The molecule has 2 rings (SSSR count). The van der Waals surface area contributed by atoms with Crippen molar-refractivity contribution in [3.63, 3.8) is 0 Å². The first-order valence-electron chi connectivity index (χ1n) is 5.62. The van der Waals surface area contributed by atoms with Gasteiger partial charge in [-0.1, -0.05) is 6.07 Å². The summed E-state index contributed by atoms with van der Waals surface area (Å²) in [6.45, 7) is 0. The molecule has 92 valence electrons. The summed E-state index contributed by atoms with van der Waals surface area (Å²) in [6, 6.07) is 5.22. The quantitative estimate of drug-likeness (QED) is 0.839. The van der Waals surface area contributed by atoms with E-state index >= 15 is 0 Å². The van der Waals surface area contributed by atoms with Gasteiger partial charge in [-0.05, 0) is 36.1 Å². The molecule has 1 aliphatic rings. The van der Waals surface area contributed by atoms with E-state index in [2.05, 4.69) is 0 Å². The Morgan fingerprint density at radius 1 is 1.47 bits per heavy atom. The highest BCUT2D eigenvalue weighted by molar-refractivity contribution is 5.68. The standard InChI is InChI=1S/C13H16O4/c1-17-13(8-12(15)16)5-4-9-6-11(14)3-2-10(9)7-13/h2-3,6,14H,4-5,7-8H2,1H3,(H,15,16). The van der Waals surface area contributed by atoms with Crippen LogP contribution in [0.1, 0.15) is 24.0 Å². The number of benzene rings is 1. The molecule has 1 aliphatic carbocycles. The fourth-order valence-electron chi connectivity index (χ4n) is 2.49. The summed E-state index contributed by atoms with van der Waals surface area (Å²) in [5, 5.41) is 18.3. The zero-order valence-corrected chi connectivity index (χ0v) is 9.77. The molecule has 0 aromatic heterocycles. The van der Waals surface area contributed by atoms with Gasteiger partial charge in [0.25, 0.3) is 0 Å². The van der Waals surface area contributed by atoms with E-state index in [9.17, 15) is 9.90 Å². The molecule has 4 nitrogen and oxygen atoms in total. The van der Waals surface area contributed by atoms with E-state index < -0.39 is 11.6 Å². The lowest BCUT2D eigenvalue weighted by molar-refractivity contribution is -0.144. The zero-order valence-electron chi connectivity index (χ0n) is 9.77. The Bertz CT molecular complexity index is 441. The minimum atomic E-state index is -0.839. The van der Waals surface area contributed by atoms with Crippen LogP contribution in [0.5, 0.6) is 5.75 Å². The van der Waals surface area contributed by atoms with Crippen LogP contribution in [0.25, 0.3) is 0 Å². The predicted octanol–water partition coefficient (Wildman–Crippen LogP) is 1.74. The summed E-state index contributed by atoms with van der Waals surface area (Å²) in [5.41, 5.74) is 1.55. The van der Waals surface area contributed by atoms with Crippen molar-refractivity contribution in [3.05, 3.63) is 29.3 Å². The lowest BCUT2D eigenvalue weighted by atomic mass is 9.78. The number of carboxylic acids is 1. The second-order valence-electron chi connectivity index (χ2n) is 4.59. The second-order valence-corrected chi connectivity index (χ2v) is 4.59. The maximum atomic E-state index is 10.9. The van der Waals surface area contributed by atoms with Gasteiger partial charge in [0.1, 0.15) is 5.75 Å². The number of rotatable bonds is 3. The number of methoxy groups -OCH3 is 1. The van der Waals surface area contributed by atoms with Crippen LogP contribution in [0.2, 0.25) is 0 Å². The topological polar surface area (TPSA) is 66.8 Å². The Balaban J connectivity index is 2.27. The monoisotopic (exact) mass is 236 g/mol. The van der Waals surface area contributed by atoms with Crippen LogP contribution in [-0.2, 0) is 22.4 Å². The second kappa shape index (κ2) is 4.37. The lowest BCUT2D eigenvalue weighted by Crippen LogP contribution is -2.40. The number of aryl methyl sites for hydroxylation is 1. The normalized spacial score (nSPS) is 23.1. The van der Waals surface area contributed by atoms with E-state index in [4.69, 9.17) is 9.84 Å². The SMILES string of the molecule is COC1(CC(=O)O)CCc2cc(O)ccc2C1. The number of aliphatic carboxylic acids is 1. The van der Waals surface area contributed by atoms with Crippen molar-refractivity contribution < 1.29 is 19.7 Å². The molecule has 0 heterocycles. The molecule has 4 heteroatoms. The zero-order chi connectivity index (χ0) is 12.5. The number of phenols is 1. The fraction of sp³-hybridized carbons (Fsp3) is 0.462. The molecule has 0 aliphatic heterocycles. The molecule has 2 N–H and O–H groups in total. The number of hydrogen-bond acceptors (Lipinski definition) is 3. The predicted molar refractivity (Wildman–Crippen MR) is 62.1 cm³/mol. The summed E-state index contributed by atoms with van der Waals surface area (Å²) in [6.07, 6.45) is 2.02. The Kier molecular flexibility index (Phi) is 3.07. The number of carbonyl (C=O) groups is 1. The van der Waals surface area contributed by atoms with Gasteiger partial charge in [0, 0.05) is 13.5 Å². The molecule has 0 bridgehead atoms. The van der Waals surface area contributed by atoms with Gasteiger partial charge in [-0.3, -0.25) is 4.79 Å². The van der Waals surface area contributed by atoms with Crippen LogP contribution >= 0.6 is 0 Å². The number of aromatic hydroxyl groups is 1. The van der Waals surface area contributed by atoms with E-state index in [0.29, 0.717) is 12.8 Å². The first-order chi connectivity index (χ1) is 8.04. The van der Waals surface area contributed by atoms with Crippen LogP contribution in [-0.4, -0.2) is 28.9 Å². The summed E-state index contributed by atoms with van der Waals surface area (Å²) in [4.78, 5) is 10.9. The maximum Gasteiger partial charge on any atom is 0.306 e. The van der Waals surface area contributed by atoms with Crippen LogP contribution in [0.15, 0.2) is 18.2 Å². The Labute approximate surface area is 99.8 Å². The summed E-state index contributed by atoms with van der Waals surface area (Å²) < 4.78 is 5.43. The van der Waals surface area contributed by atoms with Gasteiger partial charge in [0.15, 0.2) is 0 Å². The largest absolute Gasteiger partial charge is 0.508 e. The molecule has 0 fully saturated rings. The summed E-state index contributed by atoms with van der Waals surface area (Å²) in [7, 11) is 1.56. The minimum Gasteiger partial charge on any atom is -0.508 e. The fourth-order valence-corrected chi connectivity index (χ4v) is 2.49. The third-order valence-electron chi connectivity index (χ3n) is 3.46. The molecule has 0 saturated heterocycles. The molecule has 1 aromatic rings. The van der Waals surface area contributed by atoms with Crippen molar-refractivity contribution in [1.82, 2.24) is 0 Å². The molecule has 0 radical (unpaired) electrons. The first-order valence-corrected chi connectivity index (χ1v) is 5.62. The van der Waals surface area contributed by atoms with Crippen molar-refractivity contribution in [1.29, 1.82) is 0 Å². The van der Waals surface area contributed by atoms with Gasteiger partial charge >= 0.3 is 5.97 Å². The van der Waals surface area contributed by atoms with Crippen molar-refractivity contribution in [2.75, 3.05) is 7.11 Å². The third kappa shape index (κ3) is 2.42. The number of phenolic OH excluding ortho intramolecular Hbond substituents is 1. The number of carboxylic acid groups (broad SMARTS) is 1. The highest BCUT2D eigenvalue weighted by Gasteiger charge is 2.36. The first kappa shape index (κ1) is 11.9. The number of fused-ring (bicyclic) bond motifs is 1. The van der Waals surface area contributed by atoms with Gasteiger partial charge in [0.2, 0.25) is 0 Å². The summed E-state index contributed by atoms with van der Waals surface area (Å²) in [5.74, 6) is -0.582. The molecule has 0 amide bonds. The molecule has 1 aromatic carbocycles. The van der Waals surface area contributed by atoms with Crippen molar-refractivity contribution in [2.24, 2.45) is 0 Å². The van der Waals surface area contributed by atoms with Gasteiger partial charge in [-0.25, -0.2) is 0 Å². The van der Waals surface area contributed by atoms with Gasteiger partial charge in [0.05, 0.1) is 12.0 Å². The third-order valence-corrected chi connectivity index (χ3v) is 3.46. The lowest BCUT2D eigenvalue weighted by Gasteiger charge is -2.36. The maximum absolute atomic E-state index is 10.9. The minimum absolute atomic E-state index is 0.0177. The van der Waals surface area contributed by atoms with Crippen molar-refractivity contribution in [3.8, 4) is 5.75 Å². The average molecular weight is 236 g/mol. The van der Waals surface area contributed by atoms with E-state index in [1.54, 1.807) is 19.2 Å². The van der Waals surface area contributed by atoms with Gasteiger partial charge in [-0.15, -0.1) is 0 Å². The Morgan fingerprint density at radius 2 is 2.24 bits per heavy atom. The van der Waals surface area contributed by atoms with Crippen LogP contribution in [0.4, 0.5) is 0 Å². The van der Waals surface area contributed by atoms with E-state index in [1.807, 2.05) is 6.07 Å². The molecular formula is C13H16O4.